The predicted octanol–water partition coefficient (Wildman–Crippen LogP) is 2.25. The van der Waals surface area contributed by atoms with E-state index in [1.54, 1.807) is 0 Å². The minimum absolute atomic E-state index is 0.693. The molecular formula is C13H26N2. The minimum atomic E-state index is 0.693. The van der Waals surface area contributed by atoms with Crippen LogP contribution in [0.5, 0.6) is 0 Å². The summed E-state index contributed by atoms with van der Waals surface area (Å²) < 4.78 is 0. The van der Waals surface area contributed by atoms with Gasteiger partial charge in [-0.3, -0.25) is 4.90 Å². The van der Waals surface area contributed by atoms with Crippen molar-refractivity contribution in [3.8, 4) is 0 Å². The molecule has 2 fully saturated rings. The summed E-state index contributed by atoms with van der Waals surface area (Å²) in [6.07, 6.45) is 7.23. The molecule has 1 saturated heterocycles. The van der Waals surface area contributed by atoms with Gasteiger partial charge < -0.3 is 5.32 Å². The molecule has 0 radical (unpaired) electrons. The van der Waals surface area contributed by atoms with Crippen LogP contribution in [0.2, 0.25) is 0 Å². The second kappa shape index (κ2) is 5.31. The van der Waals surface area contributed by atoms with Crippen LogP contribution in [0.3, 0.4) is 0 Å². The van der Waals surface area contributed by atoms with Gasteiger partial charge in [0.25, 0.3) is 0 Å². The number of hydrogen-bond donors (Lipinski definition) is 1. The lowest BCUT2D eigenvalue weighted by atomic mass is 9.81. The molecule has 0 aromatic rings. The zero-order chi connectivity index (χ0) is 10.7. The molecule has 1 N–H and O–H groups in total. The molecule has 1 heterocycles. The topological polar surface area (TPSA) is 15.3 Å². The molecule has 0 spiro atoms. The first-order chi connectivity index (χ1) is 7.31. The van der Waals surface area contributed by atoms with Crippen LogP contribution in [-0.2, 0) is 0 Å². The van der Waals surface area contributed by atoms with Crippen LogP contribution >= 0.6 is 0 Å². The van der Waals surface area contributed by atoms with Crippen molar-refractivity contribution in [2.75, 3.05) is 19.6 Å². The van der Waals surface area contributed by atoms with Gasteiger partial charge in [0.05, 0.1) is 0 Å². The lowest BCUT2D eigenvalue weighted by Gasteiger charge is -2.43. The second-order valence-corrected chi connectivity index (χ2v) is 5.37. The lowest BCUT2D eigenvalue weighted by molar-refractivity contribution is 0.0755. The average Bonchev–Trinajstić information content (AvgIpc) is 2.29. The third-order valence-corrected chi connectivity index (χ3v) is 4.26. The fourth-order valence-electron chi connectivity index (χ4n) is 3.41. The Morgan fingerprint density at radius 3 is 2.80 bits per heavy atom. The Morgan fingerprint density at radius 2 is 2.07 bits per heavy atom. The van der Waals surface area contributed by atoms with Crippen LogP contribution < -0.4 is 5.32 Å². The number of nitrogens with zero attached hydrogens (tertiary/aromatic N) is 1. The molecule has 1 aliphatic carbocycles. The van der Waals surface area contributed by atoms with Crippen LogP contribution in [0, 0.1) is 5.92 Å². The summed E-state index contributed by atoms with van der Waals surface area (Å²) >= 11 is 0. The van der Waals surface area contributed by atoms with Crippen LogP contribution in [0.1, 0.15) is 46.0 Å². The van der Waals surface area contributed by atoms with E-state index in [0.717, 1.165) is 12.0 Å². The van der Waals surface area contributed by atoms with E-state index < -0.39 is 0 Å². The molecule has 2 aliphatic rings. The molecule has 1 saturated carbocycles. The predicted molar refractivity (Wildman–Crippen MR) is 65.1 cm³/mol. The summed E-state index contributed by atoms with van der Waals surface area (Å²) in [5.74, 6) is 0.976. The van der Waals surface area contributed by atoms with Crippen LogP contribution in [0.15, 0.2) is 0 Å². The van der Waals surface area contributed by atoms with E-state index in [4.69, 9.17) is 0 Å². The number of piperazine rings is 1. The number of nitrogens with one attached hydrogen (secondary N) is 1. The van der Waals surface area contributed by atoms with Gasteiger partial charge in [0.1, 0.15) is 0 Å². The summed E-state index contributed by atoms with van der Waals surface area (Å²) in [6, 6.07) is 1.59. The fraction of sp³-hybridized carbons (Fsp3) is 1.00. The smallest absolute Gasteiger partial charge is 0.0167 e. The Morgan fingerprint density at radius 1 is 1.27 bits per heavy atom. The number of rotatable bonds is 2. The van der Waals surface area contributed by atoms with Gasteiger partial charge in [-0.05, 0) is 25.7 Å². The van der Waals surface area contributed by atoms with Crippen molar-refractivity contribution in [3.63, 3.8) is 0 Å². The Labute approximate surface area is 94.4 Å². The Bertz CT molecular complexity index is 193. The Hall–Kier alpha value is -0.0800. The average molecular weight is 210 g/mol. The van der Waals surface area contributed by atoms with Crippen LogP contribution in [0.4, 0.5) is 0 Å². The fourth-order valence-corrected chi connectivity index (χ4v) is 3.41. The summed E-state index contributed by atoms with van der Waals surface area (Å²) in [5.41, 5.74) is 0. The first-order valence-corrected chi connectivity index (χ1v) is 6.78. The zero-order valence-corrected chi connectivity index (χ0v) is 10.3. The van der Waals surface area contributed by atoms with Gasteiger partial charge >= 0.3 is 0 Å². The highest BCUT2D eigenvalue weighted by Gasteiger charge is 2.30. The van der Waals surface area contributed by atoms with Crippen molar-refractivity contribution in [1.82, 2.24) is 10.2 Å². The molecule has 2 rings (SSSR count). The van der Waals surface area contributed by atoms with E-state index in [-0.39, 0.29) is 0 Å². The van der Waals surface area contributed by atoms with Crippen molar-refractivity contribution >= 4 is 0 Å². The first kappa shape index (κ1) is 11.4. The highest BCUT2D eigenvalue weighted by Crippen LogP contribution is 2.31. The largest absolute Gasteiger partial charge is 0.312 e. The standard InChI is InChI=1S/C13H26N2/c1-3-12-6-4-5-7-13(12)15-9-8-14-11(2)10-15/h11-14H,3-10H2,1-2H3/t11-,12?,13?/m0/s1. The molecule has 2 nitrogen and oxygen atoms in total. The SMILES string of the molecule is CCC1CCCCC1N1CCN[C@@H](C)C1. The molecule has 1 aliphatic heterocycles. The summed E-state index contributed by atoms with van der Waals surface area (Å²) in [5, 5.41) is 3.54. The van der Waals surface area contributed by atoms with Crippen molar-refractivity contribution in [1.29, 1.82) is 0 Å². The molecular weight excluding hydrogens is 184 g/mol. The van der Waals surface area contributed by atoms with E-state index in [1.165, 1.54) is 51.7 Å². The van der Waals surface area contributed by atoms with E-state index >= 15 is 0 Å². The van der Waals surface area contributed by atoms with Gasteiger partial charge in [0, 0.05) is 31.7 Å². The van der Waals surface area contributed by atoms with Crippen molar-refractivity contribution in [3.05, 3.63) is 0 Å². The van der Waals surface area contributed by atoms with Crippen molar-refractivity contribution in [2.45, 2.75) is 58.0 Å². The van der Waals surface area contributed by atoms with Crippen LogP contribution in [-0.4, -0.2) is 36.6 Å². The van der Waals surface area contributed by atoms with Gasteiger partial charge in [0.15, 0.2) is 0 Å². The van der Waals surface area contributed by atoms with Crippen molar-refractivity contribution in [2.24, 2.45) is 5.92 Å². The molecule has 2 heteroatoms. The van der Waals surface area contributed by atoms with Crippen LogP contribution in [0.25, 0.3) is 0 Å². The molecule has 0 aromatic carbocycles. The molecule has 0 bridgehead atoms. The highest BCUT2D eigenvalue weighted by atomic mass is 15.2. The second-order valence-electron chi connectivity index (χ2n) is 5.37. The Kier molecular flexibility index (Phi) is 4.04. The van der Waals surface area contributed by atoms with Gasteiger partial charge in [-0.25, -0.2) is 0 Å². The summed E-state index contributed by atoms with van der Waals surface area (Å²) in [4.78, 5) is 2.76. The summed E-state index contributed by atoms with van der Waals surface area (Å²) in [6.45, 7) is 8.41. The maximum atomic E-state index is 3.54. The molecule has 0 amide bonds. The van der Waals surface area contributed by atoms with Gasteiger partial charge in [0.2, 0.25) is 0 Å². The zero-order valence-electron chi connectivity index (χ0n) is 10.3. The van der Waals surface area contributed by atoms with E-state index in [2.05, 4.69) is 24.1 Å². The summed E-state index contributed by atoms with van der Waals surface area (Å²) in [7, 11) is 0. The minimum Gasteiger partial charge on any atom is -0.312 e. The Balaban J connectivity index is 1.94. The maximum Gasteiger partial charge on any atom is 0.0167 e. The van der Waals surface area contributed by atoms with Gasteiger partial charge in [-0.15, -0.1) is 0 Å². The third-order valence-electron chi connectivity index (χ3n) is 4.26. The van der Waals surface area contributed by atoms with Crippen molar-refractivity contribution < 1.29 is 0 Å². The molecule has 2 unspecified atom stereocenters. The maximum absolute atomic E-state index is 3.54. The third kappa shape index (κ3) is 2.73. The lowest BCUT2D eigenvalue weighted by Crippen LogP contribution is -2.55. The molecule has 3 atom stereocenters. The monoisotopic (exact) mass is 210 g/mol. The molecule has 0 aromatic heterocycles. The number of hydrogen-bond acceptors (Lipinski definition) is 2. The van der Waals surface area contributed by atoms with Gasteiger partial charge in [-0.2, -0.15) is 0 Å². The first-order valence-electron chi connectivity index (χ1n) is 6.78. The molecule has 88 valence electrons. The quantitative estimate of drug-likeness (QED) is 0.752. The van der Waals surface area contributed by atoms with Gasteiger partial charge in [-0.1, -0.05) is 26.2 Å². The van der Waals surface area contributed by atoms with E-state index in [9.17, 15) is 0 Å². The molecule has 15 heavy (non-hydrogen) atoms. The normalized spacial score (nSPS) is 39.2. The van der Waals surface area contributed by atoms with E-state index in [1.807, 2.05) is 0 Å². The highest BCUT2D eigenvalue weighted by molar-refractivity contribution is 4.87. The van der Waals surface area contributed by atoms with E-state index in [0.29, 0.717) is 6.04 Å².